The second-order valence-corrected chi connectivity index (χ2v) is 7.50. The van der Waals surface area contributed by atoms with Crippen LogP contribution in [0.5, 0.6) is 0 Å². The first kappa shape index (κ1) is 19.3. The number of benzene rings is 1. The third kappa shape index (κ3) is 3.92. The van der Waals surface area contributed by atoms with E-state index in [2.05, 4.69) is 32.3 Å². The molecule has 0 unspecified atom stereocenters. The van der Waals surface area contributed by atoms with Crippen molar-refractivity contribution in [3.05, 3.63) is 36.4 Å². The number of carbonyl (C=O) groups excluding carboxylic acids is 1. The minimum Gasteiger partial charge on any atom is -0.356 e. The topological polar surface area (TPSA) is 84.2 Å². The summed E-state index contributed by atoms with van der Waals surface area (Å²) in [5.41, 5.74) is 1.50. The summed E-state index contributed by atoms with van der Waals surface area (Å²) in [6.45, 7) is 5.46. The van der Waals surface area contributed by atoms with Gasteiger partial charge in [-0.2, -0.15) is 4.98 Å². The van der Waals surface area contributed by atoms with Crippen LogP contribution in [0.2, 0.25) is 0 Å². The molecule has 1 aliphatic rings. The predicted molar refractivity (Wildman–Crippen MR) is 108 cm³/mol. The normalized spacial score (nSPS) is 16.2. The summed E-state index contributed by atoms with van der Waals surface area (Å²) in [5.74, 6) is 0.487. The Balaban J connectivity index is 1.58. The van der Waals surface area contributed by atoms with Gasteiger partial charge in [-0.25, -0.2) is 9.37 Å². The van der Waals surface area contributed by atoms with Crippen LogP contribution in [0.4, 0.5) is 10.2 Å². The molecule has 2 aromatic heterocycles. The number of halogens is 1. The summed E-state index contributed by atoms with van der Waals surface area (Å²) in [7, 11) is 0. The van der Waals surface area contributed by atoms with Crippen LogP contribution in [0.25, 0.3) is 22.4 Å². The highest BCUT2D eigenvalue weighted by Gasteiger charge is 2.28. The predicted octanol–water partition coefficient (Wildman–Crippen LogP) is 3.56. The summed E-state index contributed by atoms with van der Waals surface area (Å²) in [4.78, 5) is 23.2. The van der Waals surface area contributed by atoms with Crippen LogP contribution in [0.3, 0.4) is 0 Å². The van der Waals surface area contributed by atoms with E-state index in [1.54, 1.807) is 12.1 Å². The quantitative estimate of drug-likeness (QED) is 0.709. The first-order valence-corrected chi connectivity index (χ1v) is 9.98. The number of anilines is 1. The average Bonchev–Trinajstić information content (AvgIpc) is 3.18. The van der Waals surface area contributed by atoms with Gasteiger partial charge in [0.1, 0.15) is 29.0 Å². The fourth-order valence-corrected chi connectivity index (χ4v) is 3.66. The molecule has 1 saturated heterocycles. The summed E-state index contributed by atoms with van der Waals surface area (Å²) in [6, 6.07) is 6.41. The van der Waals surface area contributed by atoms with Crippen molar-refractivity contribution in [3.8, 4) is 11.3 Å². The number of fused-ring (bicyclic) bond motifs is 1. The van der Waals surface area contributed by atoms with E-state index in [1.807, 2.05) is 6.92 Å². The number of nitrogens with zero attached hydrogens (tertiary/aromatic N) is 4. The molecule has 1 atom stereocenters. The van der Waals surface area contributed by atoms with Gasteiger partial charge in [-0.05, 0) is 38.3 Å². The van der Waals surface area contributed by atoms with E-state index in [4.69, 9.17) is 4.52 Å². The third-order valence-corrected chi connectivity index (χ3v) is 5.52. The molecule has 0 spiro atoms. The van der Waals surface area contributed by atoms with Crippen molar-refractivity contribution < 1.29 is 13.7 Å². The molecule has 3 aromatic rings. The maximum absolute atomic E-state index is 13.7. The SMILES string of the molecule is CC[C@H](C)NC(=O)C1CCN(c2ncnc3onc(-c4cccc(F)c4)c23)CC1. The molecular weight excluding hydrogens is 373 g/mol. The van der Waals surface area contributed by atoms with E-state index in [0.29, 0.717) is 41.3 Å². The first-order valence-electron chi connectivity index (χ1n) is 9.98. The molecular formula is C21H24FN5O2. The number of hydrogen-bond donors (Lipinski definition) is 1. The van der Waals surface area contributed by atoms with Crippen molar-refractivity contribution in [1.29, 1.82) is 0 Å². The highest BCUT2D eigenvalue weighted by atomic mass is 19.1. The first-order chi connectivity index (χ1) is 14.1. The molecule has 0 radical (unpaired) electrons. The van der Waals surface area contributed by atoms with Crippen LogP contribution in [-0.2, 0) is 4.79 Å². The summed E-state index contributed by atoms with van der Waals surface area (Å²) < 4.78 is 19.1. The zero-order valence-corrected chi connectivity index (χ0v) is 16.6. The van der Waals surface area contributed by atoms with Gasteiger partial charge in [0.2, 0.25) is 5.91 Å². The summed E-state index contributed by atoms with van der Waals surface area (Å²) in [6.07, 6.45) is 3.85. The molecule has 0 bridgehead atoms. The number of piperidine rings is 1. The zero-order chi connectivity index (χ0) is 20.4. The molecule has 8 heteroatoms. The number of rotatable bonds is 5. The number of carbonyl (C=O) groups is 1. The Hall–Kier alpha value is -3.03. The lowest BCUT2D eigenvalue weighted by atomic mass is 9.95. The number of amides is 1. The Morgan fingerprint density at radius 1 is 1.34 bits per heavy atom. The Morgan fingerprint density at radius 3 is 2.86 bits per heavy atom. The van der Waals surface area contributed by atoms with Gasteiger partial charge in [-0.1, -0.05) is 24.2 Å². The molecule has 1 fully saturated rings. The molecule has 29 heavy (non-hydrogen) atoms. The van der Waals surface area contributed by atoms with Gasteiger partial charge in [0, 0.05) is 30.6 Å². The smallest absolute Gasteiger partial charge is 0.263 e. The van der Waals surface area contributed by atoms with Crippen LogP contribution < -0.4 is 10.2 Å². The van der Waals surface area contributed by atoms with Gasteiger partial charge in [0.05, 0.1) is 0 Å². The maximum atomic E-state index is 13.7. The Morgan fingerprint density at radius 2 is 2.14 bits per heavy atom. The van der Waals surface area contributed by atoms with Crippen molar-refractivity contribution in [2.45, 2.75) is 39.2 Å². The monoisotopic (exact) mass is 397 g/mol. The molecule has 3 heterocycles. The molecule has 0 aliphatic carbocycles. The van der Waals surface area contributed by atoms with Crippen LogP contribution in [0.1, 0.15) is 33.1 Å². The lowest BCUT2D eigenvalue weighted by molar-refractivity contribution is -0.126. The second-order valence-electron chi connectivity index (χ2n) is 7.50. The zero-order valence-electron chi connectivity index (χ0n) is 16.6. The van der Waals surface area contributed by atoms with Crippen molar-refractivity contribution in [2.75, 3.05) is 18.0 Å². The molecule has 1 aromatic carbocycles. The van der Waals surface area contributed by atoms with Gasteiger partial charge >= 0.3 is 0 Å². The lowest BCUT2D eigenvalue weighted by Crippen LogP contribution is -2.43. The Labute approximate surface area is 168 Å². The highest BCUT2D eigenvalue weighted by Crippen LogP contribution is 2.34. The minimum absolute atomic E-state index is 0.00254. The van der Waals surface area contributed by atoms with Gasteiger partial charge in [0.25, 0.3) is 5.71 Å². The summed E-state index contributed by atoms with van der Waals surface area (Å²) >= 11 is 0. The van der Waals surface area contributed by atoms with Crippen molar-refractivity contribution >= 4 is 22.8 Å². The highest BCUT2D eigenvalue weighted by molar-refractivity contribution is 5.98. The lowest BCUT2D eigenvalue weighted by Gasteiger charge is -2.32. The van der Waals surface area contributed by atoms with Crippen molar-refractivity contribution in [3.63, 3.8) is 0 Å². The Kier molecular flexibility index (Phi) is 5.42. The molecule has 1 N–H and O–H groups in total. The van der Waals surface area contributed by atoms with E-state index >= 15 is 0 Å². The largest absolute Gasteiger partial charge is 0.356 e. The fourth-order valence-electron chi connectivity index (χ4n) is 3.66. The van der Waals surface area contributed by atoms with Gasteiger partial charge in [0.15, 0.2) is 0 Å². The molecule has 1 amide bonds. The maximum Gasteiger partial charge on any atom is 0.263 e. The molecule has 4 rings (SSSR count). The molecule has 1 aliphatic heterocycles. The number of aromatic nitrogens is 3. The van der Waals surface area contributed by atoms with Crippen LogP contribution in [-0.4, -0.2) is 40.2 Å². The second kappa shape index (κ2) is 8.14. The van der Waals surface area contributed by atoms with Crippen LogP contribution >= 0.6 is 0 Å². The van der Waals surface area contributed by atoms with Crippen LogP contribution in [0, 0.1) is 11.7 Å². The van der Waals surface area contributed by atoms with Crippen molar-refractivity contribution in [2.24, 2.45) is 5.92 Å². The van der Waals surface area contributed by atoms with E-state index < -0.39 is 0 Å². The fraction of sp³-hybridized carbons (Fsp3) is 0.429. The molecule has 7 nitrogen and oxygen atoms in total. The Bertz CT molecular complexity index is 1010. The summed E-state index contributed by atoms with van der Waals surface area (Å²) in [5, 5.41) is 7.85. The van der Waals surface area contributed by atoms with Gasteiger partial charge < -0.3 is 14.7 Å². The standard InChI is InChI=1S/C21H24FN5O2/c1-3-13(2)25-20(28)14-7-9-27(10-8-14)19-17-18(15-5-4-6-16(22)11-15)26-29-21(17)24-12-23-19/h4-6,11-14H,3,7-10H2,1-2H3,(H,25,28)/t13-/m0/s1. The number of hydrogen-bond acceptors (Lipinski definition) is 6. The van der Waals surface area contributed by atoms with Crippen LogP contribution in [0.15, 0.2) is 35.1 Å². The number of nitrogens with one attached hydrogen (secondary N) is 1. The van der Waals surface area contributed by atoms with Gasteiger partial charge in [-0.15, -0.1) is 0 Å². The molecule has 152 valence electrons. The third-order valence-electron chi connectivity index (χ3n) is 5.52. The van der Waals surface area contributed by atoms with Gasteiger partial charge in [-0.3, -0.25) is 4.79 Å². The van der Waals surface area contributed by atoms with E-state index in [-0.39, 0.29) is 23.7 Å². The molecule has 0 saturated carbocycles. The van der Waals surface area contributed by atoms with Crippen molar-refractivity contribution in [1.82, 2.24) is 20.4 Å². The van der Waals surface area contributed by atoms with E-state index in [1.165, 1.54) is 18.5 Å². The minimum atomic E-state index is -0.342. The average molecular weight is 397 g/mol. The van der Waals surface area contributed by atoms with E-state index in [9.17, 15) is 9.18 Å². The van der Waals surface area contributed by atoms with E-state index in [0.717, 1.165) is 19.3 Å².